The minimum Gasteiger partial charge on any atom is -0.392 e. The number of aliphatic hydroxyl groups is 1. The van der Waals surface area contributed by atoms with Crippen molar-refractivity contribution in [1.82, 2.24) is 10.6 Å². The van der Waals surface area contributed by atoms with Crippen LogP contribution in [0.15, 0.2) is 0 Å². The third kappa shape index (κ3) is 4.94. The van der Waals surface area contributed by atoms with Crippen LogP contribution in [0.5, 0.6) is 0 Å². The van der Waals surface area contributed by atoms with Crippen molar-refractivity contribution in [3.63, 3.8) is 0 Å². The summed E-state index contributed by atoms with van der Waals surface area (Å²) < 4.78 is 0. The summed E-state index contributed by atoms with van der Waals surface area (Å²) in [6.45, 7) is 5.17. The number of amides is 1. The molecule has 0 bridgehead atoms. The lowest BCUT2D eigenvalue weighted by Crippen LogP contribution is -2.46. The molecule has 94 valence electrons. The van der Waals surface area contributed by atoms with Crippen LogP contribution in [-0.2, 0) is 4.79 Å². The second-order valence-electron chi connectivity index (χ2n) is 5.04. The summed E-state index contributed by atoms with van der Waals surface area (Å²) >= 11 is 0. The Labute approximate surface area is 97.8 Å². The van der Waals surface area contributed by atoms with Crippen molar-refractivity contribution in [2.45, 2.75) is 51.7 Å². The van der Waals surface area contributed by atoms with Gasteiger partial charge >= 0.3 is 0 Å². The molecular weight excluding hydrogens is 204 g/mol. The highest BCUT2D eigenvalue weighted by Crippen LogP contribution is 2.17. The van der Waals surface area contributed by atoms with Gasteiger partial charge in [0.15, 0.2) is 0 Å². The third-order valence-electron chi connectivity index (χ3n) is 2.96. The zero-order chi connectivity index (χ0) is 12.0. The Morgan fingerprint density at radius 2 is 2.06 bits per heavy atom. The molecule has 0 aromatic heterocycles. The van der Waals surface area contributed by atoms with Crippen LogP contribution in [0.2, 0.25) is 0 Å². The van der Waals surface area contributed by atoms with Gasteiger partial charge in [-0.25, -0.2) is 0 Å². The van der Waals surface area contributed by atoms with Gasteiger partial charge in [-0.15, -0.1) is 0 Å². The Hall–Kier alpha value is -0.610. The zero-order valence-corrected chi connectivity index (χ0v) is 10.3. The fourth-order valence-corrected chi connectivity index (χ4v) is 1.95. The Morgan fingerprint density at radius 1 is 1.38 bits per heavy atom. The summed E-state index contributed by atoms with van der Waals surface area (Å²) in [4.78, 5) is 11.4. The summed E-state index contributed by atoms with van der Waals surface area (Å²) in [5.74, 6) is 0.496. The molecule has 1 aliphatic carbocycles. The van der Waals surface area contributed by atoms with Gasteiger partial charge in [-0.2, -0.15) is 0 Å². The van der Waals surface area contributed by atoms with E-state index in [2.05, 4.69) is 24.5 Å². The van der Waals surface area contributed by atoms with Gasteiger partial charge < -0.3 is 15.7 Å². The molecule has 4 nitrogen and oxygen atoms in total. The van der Waals surface area contributed by atoms with Gasteiger partial charge in [0, 0.05) is 12.6 Å². The molecule has 0 saturated heterocycles. The lowest BCUT2D eigenvalue weighted by atomic mass is 9.92. The first kappa shape index (κ1) is 13.5. The van der Waals surface area contributed by atoms with Crippen LogP contribution in [0.3, 0.4) is 0 Å². The summed E-state index contributed by atoms with van der Waals surface area (Å²) in [6.07, 6.45) is 3.78. The maximum absolute atomic E-state index is 11.4. The second-order valence-corrected chi connectivity index (χ2v) is 5.04. The summed E-state index contributed by atoms with van der Waals surface area (Å²) in [5, 5.41) is 15.7. The van der Waals surface area contributed by atoms with Crippen LogP contribution in [0, 0.1) is 5.92 Å². The quantitative estimate of drug-likeness (QED) is 0.647. The fraction of sp³-hybridized carbons (Fsp3) is 0.917. The first-order chi connectivity index (χ1) is 7.59. The molecule has 0 aromatic carbocycles. The van der Waals surface area contributed by atoms with Crippen molar-refractivity contribution in [1.29, 1.82) is 0 Å². The maximum atomic E-state index is 11.4. The van der Waals surface area contributed by atoms with Gasteiger partial charge in [-0.05, 0) is 18.8 Å². The average molecular weight is 228 g/mol. The fourth-order valence-electron chi connectivity index (χ4n) is 1.95. The molecule has 0 aliphatic heterocycles. The lowest BCUT2D eigenvalue weighted by molar-refractivity contribution is -0.120. The van der Waals surface area contributed by atoms with Crippen LogP contribution >= 0.6 is 0 Å². The van der Waals surface area contributed by atoms with E-state index in [0.29, 0.717) is 19.0 Å². The Morgan fingerprint density at radius 3 is 2.69 bits per heavy atom. The van der Waals surface area contributed by atoms with Crippen molar-refractivity contribution in [3.05, 3.63) is 0 Å². The first-order valence-electron chi connectivity index (χ1n) is 6.27. The van der Waals surface area contributed by atoms with E-state index in [1.165, 1.54) is 0 Å². The molecule has 16 heavy (non-hydrogen) atoms. The van der Waals surface area contributed by atoms with E-state index >= 15 is 0 Å². The normalized spacial score (nSPS) is 25.8. The smallest absolute Gasteiger partial charge is 0.233 e. The molecule has 1 fully saturated rings. The van der Waals surface area contributed by atoms with Crippen molar-refractivity contribution in [2.75, 3.05) is 13.1 Å². The van der Waals surface area contributed by atoms with E-state index in [0.717, 1.165) is 25.7 Å². The Kier molecular flexibility index (Phi) is 5.77. The number of carbonyl (C=O) groups is 1. The molecule has 1 saturated carbocycles. The second kappa shape index (κ2) is 6.86. The van der Waals surface area contributed by atoms with Gasteiger partial charge in [0.05, 0.1) is 12.6 Å². The van der Waals surface area contributed by atoms with Gasteiger partial charge in [-0.1, -0.05) is 26.7 Å². The molecule has 1 aliphatic rings. The topological polar surface area (TPSA) is 61.4 Å². The van der Waals surface area contributed by atoms with E-state index in [1.54, 1.807) is 0 Å². The highest BCUT2D eigenvalue weighted by molar-refractivity contribution is 5.78. The predicted octanol–water partition coefficient (Wildman–Crippen LogP) is 0.652. The highest BCUT2D eigenvalue weighted by atomic mass is 16.3. The van der Waals surface area contributed by atoms with E-state index in [-0.39, 0.29) is 18.1 Å². The molecule has 0 radical (unpaired) electrons. The van der Waals surface area contributed by atoms with E-state index < -0.39 is 0 Å². The largest absolute Gasteiger partial charge is 0.392 e. The summed E-state index contributed by atoms with van der Waals surface area (Å²) in [5.41, 5.74) is 0. The predicted molar refractivity (Wildman–Crippen MR) is 64.1 cm³/mol. The number of carbonyl (C=O) groups excluding carboxylic acids is 1. The molecule has 2 atom stereocenters. The summed E-state index contributed by atoms with van der Waals surface area (Å²) in [6, 6.07) is 0.0959. The van der Waals surface area contributed by atoms with E-state index in [9.17, 15) is 9.90 Å². The standard InChI is InChI=1S/C12H24N2O2/c1-9(2)7-14-12(16)8-13-10-5-3-4-6-11(10)15/h9-11,13,15H,3-8H2,1-2H3,(H,14,16)/t10-,11-/m1/s1. The van der Waals surface area contributed by atoms with E-state index in [4.69, 9.17) is 0 Å². The molecule has 3 N–H and O–H groups in total. The Balaban J connectivity index is 2.15. The number of hydrogen-bond acceptors (Lipinski definition) is 3. The minimum atomic E-state index is -0.286. The number of rotatable bonds is 5. The molecule has 0 heterocycles. The minimum absolute atomic E-state index is 0.0199. The van der Waals surface area contributed by atoms with Crippen LogP contribution in [-0.4, -0.2) is 36.2 Å². The highest BCUT2D eigenvalue weighted by Gasteiger charge is 2.22. The molecule has 4 heteroatoms. The molecule has 1 rings (SSSR count). The lowest BCUT2D eigenvalue weighted by Gasteiger charge is -2.28. The van der Waals surface area contributed by atoms with Crippen LogP contribution < -0.4 is 10.6 Å². The van der Waals surface area contributed by atoms with E-state index in [1.807, 2.05) is 0 Å². The van der Waals surface area contributed by atoms with Crippen LogP contribution in [0.25, 0.3) is 0 Å². The van der Waals surface area contributed by atoms with Gasteiger partial charge in [0.2, 0.25) is 5.91 Å². The molecular formula is C12H24N2O2. The SMILES string of the molecule is CC(C)CNC(=O)CN[C@@H]1CCCC[C@H]1O. The maximum Gasteiger partial charge on any atom is 0.233 e. The Bertz CT molecular complexity index is 219. The van der Waals surface area contributed by atoms with Gasteiger partial charge in [0.1, 0.15) is 0 Å². The first-order valence-corrected chi connectivity index (χ1v) is 6.27. The van der Waals surface area contributed by atoms with Crippen molar-refractivity contribution in [2.24, 2.45) is 5.92 Å². The van der Waals surface area contributed by atoms with Gasteiger partial charge in [0.25, 0.3) is 0 Å². The van der Waals surface area contributed by atoms with Crippen LogP contribution in [0.1, 0.15) is 39.5 Å². The molecule has 0 spiro atoms. The third-order valence-corrected chi connectivity index (χ3v) is 2.96. The number of hydrogen-bond donors (Lipinski definition) is 3. The zero-order valence-electron chi connectivity index (χ0n) is 10.3. The molecule has 0 aromatic rings. The summed E-state index contributed by atoms with van der Waals surface area (Å²) in [7, 11) is 0. The van der Waals surface area contributed by atoms with Crippen molar-refractivity contribution in [3.8, 4) is 0 Å². The number of aliphatic hydroxyl groups excluding tert-OH is 1. The van der Waals surface area contributed by atoms with Gasteiger partial charge in [-0.3, -0.25) is 4.79 Å². The van der Waals surface area contributed by atoms with Crippen molar-refractivity contribution < 1.29 is 9.90 Å². The average Bonchev–Trinajstić information content (AvgIpc) is 2.25. The molecule has 1 amide bonds. The van der Waals surface area contributed by atoms with Crippen LogP contribution in [0.4, 0.5) is 0 Å². The molecule has 0 unspecified atom stereocenters. The van der Waals surface area contributed by atoms with Crippen molar-refractivity contribution >= 4 is 5.91 Å². The number of nitrogens with one attached hydrogen (secondary N) is 2. The monoisotopic (exact) mass is 228 g/mol.